The van der Waals surface area contributed by atoms with Crippen LogP contribution in [0.2, 0.25) is 5.02 Å². The van der Waals surface area contributed by atoms with E-state index in [2.05, 4.69) is 10.1 Å². The Morgan fingerprint density at radius 3 is 2.38 bits per heavy atom. The van der Waals surface area contributed by atoms with Crippen molar-refractivity contribution in [2.75, 3.05) is 13.1 Å². The van der Waals surface area contributed by atoms with Crippen molar-refractivity contribution < 1.29 is 27.0 Å². The molecule has 1 fully saturated rings. The van der Waals surface area contributed by atoms with Crippen molar-refractivity contribution in [1.82, 2.24) is 5.32 Å². The summed E-state index contributed by atoms with van der Waals surface area (Å²) in [6.07, 6.45) is -5.11. The predicted molar refractivity (Wildman–Crippen MR) is 80.8 cm³/mol. The van der Waals surface area contributed by atoms with Crippen LogP contribution in [0, 0.1) is 5.82 Å². The number of halogens is 5. The average Bonchev–Trinajstić information content (AvgIpc) is 2.42. The Morgan fingerprint density at radius 1 is 1.04 bits per heavy atom. The van der Waals surface area contributed by atoms with E-state index in [1.54, 1.807) is 0 Å². The van der Waals surface area contributed by atoms with E-state index in [0.29, 0.717) is 13.1 Å². The molecule has 0 saturated carbocycles. The topological polar surface area (TPSA) is 30.5 Å². The summed E-state index contributed by atoms with van der Waals surface area (Å²) >= 11 is 5.69. The van der Waals surface area contributed by atoms with Gasteiger partial charge in [0.1, 0.15) is 11.9 Å². The van der Waals surface area contributed by atoms with Gasteiger partial charge in [-0.2, -0.15) is 0 Å². The summed E-state index contributed by atoms with van der Waals surface area (Å²) in [5.41, 5.74) is 0.339. The fourth-order valence-corrected chi connectivity index (χ4v) is 2.38. The molecule has 0 atom stereocenters. The molecule has 24 heavy (non-hydrogen) atoms. The third-order valence-corrected chi connectivity index (χ3v) is 3.68. The van der Waals surface area contributed by atoms with Gasteiger partial charge in [0.25, 0.3) is 0 Å². The molecule has 1 aliphatic heterocycles. The lowest BCUT2D eigenvalue weighted by Gasteiger charge is -2.28. The maximum atomic E-state index is 14.0. The fourth-order valence-electron chi connectivity index (χ4n) is 2.23. The Bertz CT molecular complexity index is 747. The van der Waals surface area contributed by atoms with Gasteiger partial charge in [-0.05, 0) is 35.9 Å². The standard InChI is InChI=1S/C16H12ClF4NO2/c17-10-2-3-12(13(18)6-10)9-1-4-14(23-11-7-22-8-11)15(5-9)24-16(19,20)21/h1-6,11,22H,7-8H2. The monoisotopic (exact) mass is 361 g/mol. The van der Waals surface area contributed by atoms with Gasteiger partial charge < -0.3 is 14.8 Å². The SMILES string of the molecule is Fc1cc(Cl)ccc1-c1ccc(OC2CNC2)c(OC(F)(F)F)c1. The lowest BCUT2D eigenvalue weighted by Crippen LogP contribution is -2.50. The lowest BCUT2D eigenvalue weighted by atomic mass is 10.0. The molecule has 0 aromatic heterocycles. The minimum Gasteiger partial charge on any atom is -0.484 e. The molecule has 0 aliphatic carbocycles. The molecule has 0 unspecified atom stereocenters. The molecular formula is C16H12ClF4NO2. The van der Waals surface area contributed by atoms with Crippen LogP contribution in [0.25, 0.3) is 11.1 Å². The molecule has 2 aromatic carbocycles. The van der Waals surface area contributed by atoms with Crippen LogP contribution >= 0.6 is 11.6 Å². The molecule has 1 aliphatic rings. The molecule has 128 valence electrons. The van der Waals surface area contributed by atoms with E-state index in [9.17, 15) is 17.6 Å². The Hall–Kier alpha value is -1.99. The van der Waals surface area contributed by atoms with E-state index in [-0.39, 0.29) is 28.0 Å². The Kier molecular flexibility index (Phi) is 4.56. The fraction of sp³-hybridized carbons (Fsp3) is 0.250. The van der Waals surface area contributed by atoms with Gasteiger partial charge in [0.05, 0.1) is 0 Å². The zero-order valence-corrected chi connectivity index (χ0v) is 12.9. The Labute approximate surface area is 140 Å². The summed E-state index contributed by atoms with van der Waals surface area (Å²) in [5, 5.41) is 3.14. The molecule has 2 aromatic rings. The maximum absolute atomic E-state index is 14.0. The molecular weight excluding hydrogens is 350 g/mol. The van der Waals surface area contributed by atoms with Crippen molar-refractivity contribution in [2.24, 2.45) is 0 Å². The normalized spacial score (nSPS) is 15.0. The quantitative estimate of drug-likeness (QED) is 0.819. The highest BCUT2D eigenvalue weighted by Gasteiger charge is 2.33. The van der Waals surface area contributed by atoms with Crippen molar-refractivity contribution >= 4 is 11.6 Å². The number of alkyl halides is 3. The zero-order valence-electron chi connectivity index (χ0n) is 12.2. The van der Waals surface area contributed by atoms with Crippen LogP contribution in [0.1, 0.15) is 0 Å². The molecule has 0 bridgehead atoms. The first-order valence-electron chi connectivity index (χ1n) is 7.04. The summed E-state index contributed by atoms with van der Waals surface area (Å²) in [4.78, 5) is 0. The molecule has 0 spiro atoms. The van der Waals surface area contributed by atoms with E-state index in [1.807, 2.05) is 0 Å². The second kappa shape index (κ2) is 6.49. The molecule has 3 rings (SSSR count). The second-order valence-corrected chi connectivity index (χ2v) is 5.67. The van der Waals surface area contributed by atoms with Gasteiger partial charge in [-0.25, -0.2) is 4.39 Å². The van der Waals surface area contributed by atoms with E-state index < -0.39 is 17.9 Å². The smallest absolute Gasteiger partial charge is 0.484 e. The predicted octanol–water partition coefficient (Wildman–Crippen LogP) is 4.40. The first-order chi connectivity index (χ1) is 11.3. The number of hydrogen-bond donors (Lipinski definition) is 1. The van der Waals surface area contributed by atoms with E-state index >= 15 is 0 Å². The number of nitrogens with one attached hydrogen (secondary N) is 1. The summed E-state index contributed by atoms with van der Waals surface area (Å²) in [6.45, 7) is 1.08. The summed E-state index contributed by atoms with van der Waals surface area (Å²) < 4.78 is 61.4. The van der Waals surface area contributed by atoms with Crippen molar-refractivity contribution in [3.05, 3.63) is 47.2 Å². The number of ether oxygens (including phenoxy) is 2. The highest BCUT2D eigenvalue weighted by Crippen LogP contribution is 2.37. The van der Waals surface area contributed by atoms with Gasteiger partial charge in [-0.3, -0.25) is 0 Å². The van der Waals surface area contributed by atoms with E-state index in [4.69, 9.17) is 16.3 Å². The van der Waals surface area contributed by atoms with Gasteiger partial charge in [0.15, 0.2) is 11.5 Å². The third-order valence-electron chi connectivity index (χ3n) is 3.45. The summed E-state index contributed by atoms with van der Waals surface area (Å²) in [6, 6.07) is 7.84. The van der Waals surface area contributed by atoms with Crippen LogP contribution < -0.4 is 14.8 Å². The molecule has 3 nitrogen and oxygen atoms in total. The molecule has 1 saturated heterocycles. The average molecular weight is 362 g/mol. The van der Waals surface area contributed by atoms with Crippen molar-refractivity contribution in [3.63, 3.8) is 0 Å². The van der Waals surface area contributed by atoms with Crippen LogP contribution in [0.4, 0.5) is 17.6 Å². The van der Waals surface area contributed by atoms with Gasteiger partial charge in [0.2, 0.25) is 0 Å². The van der Waals surface area contributed by atoms with Crippen LogP contribution in [-0.4, -0.2) is 25.6 Å². The van der Waals surface area contributed by atoms with Crippen LogP contribution in [0.5, 0.6) is 11.5 Å². The van der Waals surface area contributed by atoms with Gasteiger partial charge in [0, 0.05) is 23.7 Å². The number of hydrogen-bond acceptors (Lipinski definition) is 3. The molecule has 0 amide bonds. The first kappa shape index (κ1) is 16.9. The Balaban J connectivity index is 1.97. The molecule has 8 heteroatoms. The molecule has 1 heterocycles. The first-order valence-corrected chi connectivity index (χ1v) is 7.42. The molecule has 0 radical (unpaired) electrons. The number of benzene rings is 2. The van der Waals surface area contributed by atoms with Gasteiger partial charge in [-0.1, -0.05) is 17.7 Å². The minimum atomic E-state index is -4.88. The molecule has 1 N–H and O–H groups in total. The van der Waals surface area contributed by atoms with Gasteiger partial charge >= 0.3 is 6.36 Å². The van der Waals surface area contributed by atoms with Crippen molar-refractivity contribution in [3.8, 4) is 22.6 Å². The summed E-state index contributed by atoms with van der Waals surface area (Å²) in [7, 11) is 0. The highest BCUT2D eigenvalue weighted by molar-refractivity contribution is 6.30. The lowest BCUT2D eigenvalue weighted by molar-refractivity contribution is -0.275. The van der Waals surface area contributed by atoms with Crippen LogP contribution in [0.3, 0.4) is 0 Å². The van der Waals surface area contributed by atoms with Crippen LogP contribution in [0.15, 0.2) is 36.4 Å². The highest BCUT2D eigenvalue weighted by atomic mass is 35.5. The third kappa shape index (κ3) is 3.91. The zero-order chi connectivity index (χ0) is 17.3. The maximum Gasteiger partial charge on any atom is 0.573 e. The largest absolute Gasteiger partial charge is 0.573 e. The van der Waals surface area contributed by atoms with E-state index in [1.165, 1.54) is 24.3 Å². The van der Waals surface area contributed by atoms with Crippen molar-refractivity contribution in [2.45, 2.75) is 12.5 Å². The van der Waals surface area contributed by atoms with Crippen molar-refractivity contribution in [1.29, 1.82) is 0 Å². The second-order valence-electron chi connectivity index (χ2n) is 5.23. The van der Waals surface area contributed by atoms with E-state index in [0.717, 1.165) is 12.1 Å². The van der Waals surface area contributed by atoms with Gasteiger partial charge in [-0.15, -0.1) is 13.2 Å². The summed E-state index contributed by atoms with van der Waals surface area (Å²) in [5.74, 6) is -1.20. The Morgan fingerprint density at radius 2 is 1.79 bits per heavy atom. The number of rotatable bonds is 4. The minimum absolute atomic E-state index is 0.0445. The van der Waals surface area contributed by atoms with Crippen LogP contribution in [-0.2, 0) is 0 Å².